The second-order valence-corrected chi connectivity index (χ2v) is 4.00. The average Bonchev–Trinajstić information content (AvgIpc) is 2.45. The second-order valence-electron chi connectivity index (χ2n) is 4.00. The van der Waals surface area contributed by atoms with Crippen molar-refractivity contribution in [3.8, 4) is 0 Å². The van der Waals surface area contributed by atoms with Gasteiger partial charge in [0.25, 0.3) is 0 Å². The lowest BCUT2D eigenvalue weighted by Gasteiger charge is -2.20. The number of ketones is 1. The molecular weight excluding hydrogens is 252 g/mol. The lowest BCUT2D eigenvalue weighted by Crippen LogP contribution is -2.47. The fraction of sp³-hybridized carbons (Fsp3) is 0.417. The third kappa shape index (κ3) is 4.93. The van der Waals surface area contributed by atoms with Crippen LogP contribution in [0.2, 0.25) is 0 Å². The molecule has 6 N–H and O–H groups in total. The molecular formula is C12H18N2O5. The quantitative estimate of drug-likeness (QED) is 0.310. The molecule has 3 atom stereocenters. The van der Waals surface area contributed by atoms with Gasteiger partial charge in [-0.2, -0.15) is 0 Å². The highest BCUT2D eigenvalue weighted by Crippen LogP contribution is 2.03. The van der Waals surface area contributed by atoms with Crippen molar-refractivity contribution in [3.05, 3.63) is 30.3 Å². The lowest BCUT2D eigenvalue weighted by molar-refractivity contribution is -0.139. The lowest BCUT2D eigenvalue weighted by atomic mass is 10.1. The fourth-order valence-corrected chi connectivity index (χ4v) is 1.37. The van der Waals surface area contributed by atoms with E-state index in [2.05, 4.69) is 10.9 Å². The normalized spacial score (nSPS) is 15.6. The highest BCUT2D eigenvalue weighted by molar-refractivity contribution is 5.85. The average molecular weight is 270 g/mol. The smallest absolute Gasteiger partial charge is 0.179 e. The zero-order chi connectivity index (χ0) is 14.3. The van der Waals surface area contributed by atoms with Crippen LogP contribution in [0.1, 0.15) is 0 Å². The van der Waals surface area contributed by atoms with Gasteiger partial charge in [0.2, 0.25) is 0 Å². The van der Waals surface area contributed by atoms with Crippen LogP contribution in [0.25, 0.3) is 0 Å². The second kappa shape index (κ2) is 7.82. The van der Waals surface area contributed by atoms with Crippen LogP contribution >= 0.6 is 0 Å². The van der Waals surface area contributed by atoms with Gasteiger partial charge in [0.15, 0.2) is 5.78 Å². The van der Waals surface area contributed by atoms with E-state index >= 15 is 0 Å². The summed E-state index contributed by atoms with van der Waals surface area (Å²) in [6.45, 7) is -0.980. The largest absolute Gasteiger partial charge is 0.394 e. The monoisotopic (exact) mass is 270 g/mol. The van der Waals surface area contributed by atoms with E-state index in [1.807, 2.05) is 18.2 Å². The molecule has 0 aliphatic heterocycles. The molecule has 0 aliphatic carbocycles. The van der Waals surface area contributed by atoms with Gasteiger partial charge in [-0.1, -0.05) is 18.2 Å². The number of aliphatic hydroxyl groups is 4. The van der Waals surface area contributed by atoms with Crippen molar-refractivity contribution in [1.82, 2.24) is 5.43 Å². The standard InChI is InChI=1S/C12H18N2O5/c15-7-10(17)12(19)11(18)9(16)6-13-14-8-4-2-1-3-5-8/h1-5,10-15,17-19H,6-7H2/t10-,11-,12-/m1/s1. The molecule has 1 aromatic carbocycles. The predicted molar refractivity (Wildman–Crippen MR) is 68.2 cm³/mol. The number of carbonyl (C=O) groups is 1. The molecule has 0 aromatic heterocycles. The Morgan fingerprint density at radius 3 is 2.37 bits per heavy atom. The molecule has 0 bridgehead atoms. The molecule has 7 nitrogen and oxygen atoms in total. The Balaban J connectivity index is 2.35. The van der Waals surface area contributed by atoms with Crippen LogP contribution < -0.4 is 10.9 Å². The Kier molecular flexibility index (Phi) is 6.40. The summed E-state index contributed by atoms with van der Waals surface area (Å²) in [7, 11) is 0. The van der Waals surface area contributed by atoms with Crippen LogP contribution in [0.4, 0.5) is 5.69 Å². The van der Waals surface area contributed by atoms with Crippen molar-refractivity contribution < 1.29 is 25.2 Å². The van der Waals surface area contributed by atoms with Crippen molar-refractivity contribution >= 4 is 11.5 Å². The number of hydrogen-bond donors (Lipinski definition) is 6. The molecule has 0 saturated heterocycles. The van der Waals surface area contributed by atoms with Crippen LogP contribution in [0, 0.1) is 0 Å². The summed E-state index contributed by atoms with van der Waals surface area (Å²) in [5, 5.41) is 36.5. The zero-order valence-corrected chi connectivity index (χ0v) is 10.2. The van der Waals surface area contributed by atoms with Gasteiger partial charge in [-0.05, 0) is 12.1 Å². The Hall–Kier alpha value is -1.51. The van der Waals surface area contributed by atoms with E-state index in [0.29, 0.717) is 0 Å². The molecule has 1 rings (SSSR count). The number of hydrazine groups is 1. The molecule has 0 amide bonds. The number of anilines is 1. The highest BCUT2D eigenvalue weighted by atomic mass is 16.4. The summed E-state index contributed by atoms with van der Waals surface area (Å²) in [6.07, 6.45) is -5.02. The number of benzene rings is 1. The number of aliphatic hydroxyl groups excluding tert-OH is 4. The van der Waals surface area contributed by atoms with Crippen molar-refractivity contribution in [2.75, 3.05) is 18.6 Å². The molecule has 0 spiro atoms. The maximum Gasteiger partial charge on any atom is 0.179 e. The SMILES string of the molecule is O=C(CNNc1ccccc1)[C@@H](O)[C@H](O)[C@H](O)CO. The molecule has 0 radical (unpaired) electrons. The molecule has 7 heteroatoms. The van der Waals surface area contributed by atoms with Gasteiger partial charge in [0.1, 0.15) is 18.3 Å². The summed E-state index contributed by atoms with van der Waals surface area (Å²) in [5.74, 6) is -0.705. The van der Waals surface area contributed by atoms with Crippen LogP contribution in [0.3, 0.4) is 0 Å². The Morgan fingerprint density at radius 1 is 1.16 bits per heavy atom. The van der Waals surface area contributed by atoms with E-state index in [-0.39, 0.29) is 6.54 Å². The van der Waals surface area contributed by atoms with Crippen molar-refractivity contribution in [3.63, 3.8) is 0 Å². The number of rotatable bonds is 8. The number of hydrogen-bond acceptors (Lipinski definition) is 7. The van der Waals surface area contributed by atoms with Gasteiger partial charge in [-0.3, -0.25) is 4.79 Å². The summed E-state index contributed by atoms with van der Waals surface area (Å²) < 4.78 is 0. The zero-order valence-electron chi connectivity index (χ0n) is 10.2. The summed E-state index contributed by atoms with van der Waals surface area (Å²) in [4.78, 5) is 11.5. The molecule has 19 heavy (non-hydrogen) atoms. The minimum atomic E-state index is -1.76. The Bertz CT molecular complexity index is 387. The molecule has 0 aliphatic rings. The molecule has 0 heterocycles. The topological polar surface area (TPSA) is 122 Å². The number of para-hydroxylation sites is 1. The molecule has 106 valence electrons. The van der Waals surface area contributed by atoms with Crippen molar-refractivity contribution in [2.24, 2.45) is 0 Å². The predicted octanol–water partition coefficient (Wildman–Crippen LogP) is -1.75. The first-order valence-electron chi connectivity index (χ1n) is 5.78. The van der Waals surface area contributed by atoms with Crippen molar-refractivity contribution in [1.29, 1.82) is 0 Å². The number of carbonyl (C=O) groups excluding carboxylic acids is 1. The first-order chi connectivity index (χ1) is 9.06. The van der Waals surface area contributed by atoms with Gasteiger partial charge in [0, 0.05) is 5.69 Å². The molecule has 0 unspecified atom stereocenters. The van der Waals surface area contributed by atoms with Crippen LogP contribution in [0.5, 0.6) is 0 Å². The maximum atomic E-state index is 11.5. The van der Waals surface area contributed by atoms with E-state index in [1.54, 1.807) is 12.1 Å². The minimum absolute atomic E-state index is 0.245. The Labute approximate surface area is 110 Å². The van der Waals surface area contributed by atoms with E-state index in [0.717, 1.165) is 5.69 Å². The van der Waals surface area contributed by atoms with Gasteiger partial charge < -0.3 is 25.9 Å². The van der Waals surface area contributed by atoms with E-state index in [1.165, 1.54) is 0 Å². The molecule has 0 fully saturated rings. The van der Waals surface area contributed by atoms with Gasteiger partial charge in [-0.25, -0.2) is 5.43 Å². The minimum Gasteiger partial charge on any atom is -0.394 e. The van der Waals surface area contributed by atoms with E-state index < -0.39 is 30.7 Å². The van der Waals surface area contributed by atoms with E-state index in [9.17, 15) is 15.0 Å². The number of Topliss-reactive ketones (excluding diaryl/α,β-unsaturated/α-hetero) is 1. The number of nitrogens with one attached hydrogen (secondary N) is 2. The van der Waals surface area contributed by atoms with Gasteiger partial charge in [-0.15, -0.1) is 0 Å². The Morgan fingerprint density at radius 2 is 1.79 bits per heavy atom. The third-order valence-corrected chi connectivity index (χ3v) is 2.50. The van der Waals surface area contributed by atoms with E-state index in [4.69, 9.17) is 10.2 Å². The van der Waals surface area contributed by atoms with Crippen LogP contribution in [0.15, 0.2) is 30.3 Å². The fourth-order valence-electron chi connectivity index (χ4n) is 1.37. The first-order valence-corrected chi connectivity index (χ1v) is 5.78. The van der Waals surface area contributed by atoms with Gasteiger partial charge in [0.05, 0.1) is 13.2 Å². The molecule has 0 saturated carbocycles. The summed E-state index contributed by atoms with van der Waals surface area (Å²) in [5.41, 5.74) is 6.05. The van der Waals surface area contributed by atoms with Crippen LogP contribution in [-0.4, -0.2) is 57.7 Å². The first kappa shape index (κ1) is 15.5. The van der Waals surface area contributed by atoms with Crippen LogP contribution in [-0.2, 0) is 4.79 Å². The third-order valence-electron chi connectivity index (χ3n) is 2.50. The van der Waals surface area contributed by atoms with Gasteiger partial charge >= 0.3 is 0 Å². The maximum absolute atomic E-state index is 11.5. The van der Waals surface area contributed by atoms with Crippen molar-refractivity contribution in [2.45, 2.75) is 18.3 Å². The summed E-state index contributed by atoms with van der Waals surface area (Å²) >= 11 is 0. The summed E-state index contributed by atoms with van der Waals surface area (Å²) in [6, 6.07) is 9.01. The highest BCUT2D eigenvalue weighted by Gasteiger charge is 2.29. The molecule has 1 aromatic rings.